The van der Waals surface area contributed by atoms with Crippen molar-refractivity contribution in [2.75, 3.05) is 27.2 Å². The molecule has 1 aromatic carbocycles. The van der Waals surface area contributed by atoms with Crippen LogP contribution in [0.5, 0.6) is 5.75 Å². The van der Waals surface area contributed by atoms with E-state index in [0.29, 0.717) is 28.8 Å². The second-order valence-corrected chi connectivity index (χ2v) is 5.86. The van der Waals surface area contributed by atoms with E-state index < -0.39 is 0 Å². The molecule has 0 aliphatic heterocycles. The van der Waals surface area contributed by atoms with Crippen LogP contribution in [0, 0.1) is 0 Å². The summed E-state index contributed by atoms with van der Waals surface area (Å²) < 4.78 is 11.1. The molecule has 1 aromatic heterocycles. The molecule has 1 heterocycles. The molecule has 0 unspecified atom stereocenters. The monoisotopic (exact) mass is 336 g/mol. The average Bonchev–Trinajstić information content (AvgIpc) is 3.00. The van der Waals surface area contributed by atoms with E-state index in [-0.39, 0.29) is 12.5 Å². The summed E-state index contributed by atoms with van der Waals surface area (Å²) in [4.78, 5) is 14.0. The van der Waals surface area contributed by atoms with E-state index in [1.54, 1.807) is 36.4 Å². The molecular weight excluding hydrogens is 316 g/mol. The topological polar surface area (TPSA) is 54.7 Å². The number of nitrogens with zero attached hydrogens (tertiary/aromatic N) is 1. The van der Waals surface area contributed by atoms with Gasteiger partial charge in [-0.3, -0.25) is 4.79 Å². The number of halogens is 1. The summed E-state index contributed by atoms with van der Waals surface area (Å²) in [5.41, 5.74) is 0. The number of ether oxygens (including phenoxy) is 1. The van der Waals surface area contributed by atoms with Crippen molar-refractivity contribution in [1.29, 1.82) is 0 Å². The fourth-order valence-corrected chi connectivity index (χ4v) is 2.07. The summed E-state index contributed by atoms with van der Waals surface area (Å²) in [5.74, 6) is 1.38. The number of hydrogen-bond acceptors (Lipinski definition) is 4. The van der Waals surface area contributed by atoms with Crippen molar-refractivity contribution < 1.29 is 13.9 Å². The van der Waals surface area contributed by atoms with Crippen LogP contribution in [0.15, 0.2) is 40.8 Å². The average molecular weight is 337 g/mol. The Morgan fingerprint density at radius 1 is 1.22 bits per heavy atom. The molecule has 0 aliphatic carbocycles. The van der Waals surface area contributed by atoms with Crippen LogP contribution in [0.1, 0.15) is 22.7 Å². The molecule has 0 spiro atoms. The molecule has 5 nitrogen and oxygen atoms in total. The summed E-state index contributed by atoms with van der Waals surface area (Å²) in [6.45, 7) is 1.81. The van der Waals surface area contributed by atoms with E-state index in [9.17, 15) is 4.79 Å². The van der Waals surface area contributed by atoms with Crippen LogP contribution in [0.3, 0.4) is 0 Å². The van der Waals surface area contributed by atoms with Gasteiger partial charge in [0.1, 0.15) is 18.1 Å². The first kappa shape index (κ1) is 17.4. The van der Waals surface area contributed by atoms with Gasteiger partial charge in [-0.05, 0) is 63.5 Å². The molecule has 23 heavy (non-hydrogen) atoms. The Balaban J connectivity index is 1.78. The highest BCUT2D eigenvalue weighted by Crippen LogP contribution is 2.17. The van der Waals surface area contributed by atoms with Crippen molar-refractivity contribution in [3.8, 4) is 5.75 Å². The van der Waals surface area contributed by atoms with Crippen LogP contribution in [0.4, 0.5) is 0 Å². The van der Waals surface area contributed by atoms with Crippen LogP contribution >= 0.6 is 11.6 Å². The number of furan rings is 1. The van der Waals surface area contributed by atoms with Gasteiger partial charge in [0.05, 0.1) is 0 Å². The van der Waals surface area contributed by atoms with Gasteiger partial charge in [0.15, 0.2) is 5.76 Å². The Hall–Kier alpha value is -1.98. The quantitative estimate of drug-likeness (QED) is 0.752. The first-order valence-corrected chi connectivity index (χ1v) is 7.82. The molecule has 0 saturated heterocycles. The molecule has 2 aromatic rings. The van der Waals surface area contributed by atoms with Crippen molar-refractivity contribution in [2.24, 2.45) is 0 Å². The first-order chi connectivity index (χ1) is 11.0. The number of carbonyl (C=O) groups is 1. The van der Waals surface area contributed by atoms with Gasteiger partial charge in [0, 0.05) is 11.6 Å². The molecule has 2 rings (SSSR count). The number of hydrogen-bond donors (Lipinski definition) is 1. The molecule has 0 radical (unpaired) electrons. The maximum atomic E-state index is 11.9. The number of amides is 1. The van der Waals surface area contributed by atoms with Crippen LogP contribution in [-0.2, 0) is 6.61 Å². The number of rotatable bonds is 8. The normalized spacial score (nSPS) is 10.8. The summed E-state index contributed by atoms with van der Waals surface area (Å²) in [7, 11) is 4.00. The molecule has 6 heteroatoms. The van der Waals surface area contributed by atoms with Gasteiger partial charge < -0.3 is 19.4 Å². The minimum atomic E-state index is -0.207. The predicted octanol–water partition coefficient (Wildman–Crippen LogP) is 3.19. The highest BCUT2D eigenvalue weighted by Gasteiger charge is 2.11. The Bertz CT molecular complexity index is 623. The van der Waals surface area contributed by atoms with Gasteiger partial charge in [-0.2, -0.15) is 0 Å². The Morgan fingerprint density at radius 3 is 2.65 bits per heavy atom. The fraction of sp³-hybridized carbons (Fsp3) is 0.353. The smallest absolute Gasteiger partial charge is 0.286 e. The molecule has 0 atom stereocenters. The zero-order valence-corrected chi connectivity index (χ0v) is 14.1. The summed E-state index contributed by atoms with van der Waals surface area (Å²) in [6.07, 6.45) is 0.895. The Kier molecular flexibility index (Phi) is 6.50. The van der Waals surface area contributed by atoms with Gasteiger partial charge in [-0.15, -0.1) is 0 Å². The molecule has 0 bridgehead atoms. The maximum Gasteiger partial charge on any atom is 0.286 e. The molecule has 1 N–H and O–H groups in total. The van der Waals surface area contributed by atoms with Crippen LogP contribution in [-0.4, -0.2) is 38.0 Å². The Labute approximate surface area is 141 Å². The molecular formula is C17H21ClN2O3. The largest absolute Gasteiger partial charge is 0.486 e. The number of nitrogens with one attached hydrogen (secondary N) is 1. The predicted molar refractivity (Wildman–Crippen MR) is 90.0 cm³/mol. The first-order valence-electron chi connectivity index (χ1n) is 7.44. The van der Waals surface area contributed by atoms with Gasteiger partial charge >= 0.3 is 0 Å². The van der Waals surface area contributed by atoms with Gasteiger partial charge in [-0.25, -0.2) is 0 Å². The van der Waals surface area contributed by atoms with E-state index in [2.05, 4.69) is 10.2 Å². The van der Waals surface area contributed by atoms with Gasteiger partial charge in [0.2, 0.25) is 0 Å². The second-order valence-electron chi connectivity index (χ2n) is 5.42. The molecule has 0 fully saturated rings. The van der Waals surface area contributed by atoms with Crippen molar-refractivity contribution in [2.45, 2.75) is 13.0 Å². The molecule has 1 amide bonds. The standard InChI is InChI=1S/C17H21ClN2O3/c1-20(2)11-3-10-19-17(21)16-9-8-15(23-16)12-22-14-6-4-13(18)5-7-14/h4-9H,3,10-12H2,1-2H3,(H,19,21). The zero-order chi connectivity index (χ0) is 16.7. The third-order valence-corrected chi connectivity index (χ3v) is 3.40. The van der Waals surface area contributed by atoms with E-state index in [1.165, 1.54) is 0 Å². The van der Waals surface area contributed by atoms with Gasteiger partial charge in [0.25, 0.3) is 5.91 Å². The SMILES string of the molecule is CN(C)CCCNC(=O)c1ccc(COc2ccc(Cl)cc2)o1. The van der Waals surface area contributed by atoms with E-state index in [4.69, 9.17) is 20.8 Å². The lowest BCUT2D eigenvalue weighted by Gasteiger charge is -2.09. The third-order valence-electron chi connectivity index (χ3n) is 3.15. The summed E-state index contributed by atoms with van der Waals surface area (Å²) in [6, 6.07) is 10.5. The Morgan fingerprint density at radius 2 is 1.96 bits per heavy atom. The molecule has 124 valence electrons. The number of benzene rings is 1. The van der Waals surface area contributed by atoms with Crippen molar-refractivity contribution in [1.82, 2.24) is 10.2 Å². The maximum absolute atomic E-state index is 11.9. The van der Waals surface area contributed by atoms with E-state index in [1.807, 2.05) is 14.1 Å². The van der Waals surface area contributed by atoms with Crippen LogP contribution in [0.2, 0.25) is 5.02 Å². The van der Waals surface area contributed by atoms with E-state index in [0.717, 1.165) is 13.0 Å². The highest BCUT2D eigenvalue weighted by molar-refractivity contribution is 6.30. The van der Waals surface area contributed by atoms with Crippen molar-refractivity contribution in [3.05, 3.63) is 52.9 Å². The highest BCUT2D eigenvalue weighted by atomic mass is 35.5. The molecule has 0 saturated carbocycles. The lowest BCUT2D eigenvalue weighted by atomic mass is 10.3. The minimum absolute atomic E-state index is 0.207. The lowest BCUT2D eigenvalue weighted by molar-refractivity contribution is 0.0920. The fourth-order valence-electron chi connectivity index (χ4n) is 1.95. The lowest BCUT2D eigenvalue weighted by Crippen LogP contribution is -2.26. The zero-order valence-electron chi connectivity index (χ0n) is 13.3. The third kappa shape index (κ3) is 5.96. The number of carbonyl (C=O) groups excluding carboxylic acids is 1. The van der Waals surface area contributed by atoms with Crippen molar-refractivity contribution >= 4 is 17.5 Å². The van der Waals surface area contributed by atoms with Crippen molar-refractivity contribution in [3.63, 3.8) is 0 Å². The van der Waals surface area contributed by atoms with E-state index >= 15 is 0 Å². The molecule has 0 aliphatic rings. The summed E-state index contributed by atoms with van der Waals surface area (Å²) in [5, 5.41) is 3.49. The second kappa shape index (κ2) is 8.60. The van der Waals surface area contributed by atoms with Crippen LogP contribution < -0.4 is 10.1 Å². The van der Waals surface area contributed by atoms with Crippen LogP contribution in [0.25, 0.3) is 0 Å². The summed E-state index contributed by atoms with van der Waals surface area (Å²) >= 11 is 5.82. The van der Waals surface area contributed by atoms with Gasteiger partial charge in [-0.1, -0.05) is 11.6 Å². The minimum Gasteiger partial charge on any atom is -0.486 e.